The molecule has 0 bridgehead atoms. The fraction of sp³-hybridized carbons (Fsp3) is 0.536. The molecule has 1 aromatic carbocycles. The molecule has 37 heavy (non-hydrogen) atoms. The lowest BCUT2D eigenvalue weighted by Gasteiger charge is -2.24. The summed E-state index contributed by atoms with van der Waals surface area (Å²) < 4.78 is 6.68. The second-order valence-corrected chi connectivity index (χ2v) is 11.6. The first kappa shape index (κ1) is 30.4. The van der Waals surface area contributed by atoms with Gasteiger partial charge < -0.3 is 10.1 Å². The van der Waals surface area contributed by atoms with Gasteiger partial charge in [-0.3, -0.25) is 19.2 Å². The van der Waals surface area contributed by atoms with Crippen LogP contribution in [0.25, 0.3) is 0 Å². The number of alkyl halides is 1. The number of carbonyl (C=O) groups is 3. The summed E-state index contributed by atoms with van der Waals surface area (Å²) in [7, 11) is 0. The van der Waals surface area contributed by atoms with Crippen LogP contribution >= 0.6 is 15.9 Å². The van der Waals surface area contributed by atoms with Crippen LogP contribution in [0.3, 0.4) is 0 Å². The van der Waals surface area contributed by atoms with Crippen molar-refractivity contribution in [3.8, 4) is 0 Å². The van der Waals surface area contributed by atoms with Crippen molar-refractivity contribution in [2.45, 2.75) is 90.8 Å². The smallest absolute Gasteiger partial charge is 0.308 e. The predicted octanol–water partition coefficient (Wildman–Crippen LogP) is 4.26. The van der Waals surface area contributed by atoms with E-state index in [4.69, 9.17) is 4.74 Å². The first-order valence-corrected chi connectivity index (χ1v) is 13.5. The molecule has 0 saturated carbocycles. The van der Waals surface area contributed by atoms with E-state index in [1.54, 1.807) is 27.7 Å². The van der Waals surface area contributed by atoms with Gasteiger partial charge in [0.15, 0.2) is 5.78 Å². The minimum absolute atomic E-state index is 0.0349. The zero-order chi connectivity index (χ0) is 28.0. The first-order valence-electron chi connectivity index (χ1n) is 12.4. The molecule has 0 aliphatic carbocycles. The maximum atomic E-state index is 13.4. The first-order chi connectivity index (χ1) is 17.2. The number of benzene rings is 1. The fourth-order valence-corrected chi connectivity index (χ4v) is 4.49. The van der Waals surface area contributed by atoms with E-state index in [-0.39, 0.29) is 40.6 Å². The number of Topliss-reactive ketones (excluding diaryl/α,β-unsaturated/α-hetero) is 1. The number of nitrogens with one attached hydrogen (secondary N) is 1. The molecule has 1 aromatic heterocycles. The molecule has 0 fully saturated rings. The zero-order valence-electron chi connectivity index (χ0n) is 22.8. The molecule has 9 heteroatoms. The fourth-order valence-electron chi connectivity index (χ4n) is 4.10. The summed E-state index contributed by atoms with van der Waals surface area (Å²) in [6.07, 6.45) is 1.54. The van der Waals surface area contributed by atoms with Crippen molar-refractivity contribution in [1.82, 2.24) is 15.1 Å². The van der Waals surface area contributed by atoms with Gasteiger partial charge in [-0.2, -0.15) is 5.10 Å². The van der Waals surface area contributed by atoms with Crippen LogP contribution in [0.4, 0.5) is 0 Å². The maximum absolute atomic E-state index is 13.4. The highest BCUT2D eigenvalue weighted by atomic mass is 79.9. The molecule has 0 spiro atoms. The minimum atomic E-state index is -1.07. The molecular weight excluding hydrogens is 538 g/mol. The van der Waals surface area contributed by atoms with Gasteiger partial charge in [0.05, 0.1) is 30.3 Å². The number of esters is 1. The number of ether oxygens (including phenoxy) is 1. The van der Waals surface area contributed by atoms with Crippen molar-refractivity contribution < 1.29 is 19.1 Å². The van der Waals surface area contributed by atoms with Gasteiger partial charge in [0.2, 0.25) is 5.91 Å². The Balaban J connectivity index is 2.32. The Kier molecular flexibility index (Phi) is 10.4. The van der Waals surface area contributed by atoms with Crippen molar-refractivity contribution in [3.63, 3.8) is 0 Å². The monoisotopic (exact) mass is 575 g/mol. The van der Waals surface area contributed by atoms with Crippen LogP contribution < -0.4 is 10.9 Å². The van der Waals surface area contributed by atoms with Crippen LogP contribution in [0.2, 0.25) is 0 Å². The number of aromatic nitrogens is 2. The van der Waals surface area contributed by atoms with Crippen molar-refractivity contribution in [1.29, 1.82) is 0 Å². The van der Waals surface area contributed by atoms with Crippen LogP contribution in [0.5, 0.6) is 0 Å². The molecule has 2 rings (SSSR count). The molecule has 2 atom stereocenters. The molecule has 2 unspecified atom stereocenters. The summed E-state index contributed by atoms with van der Waals surface area (Å²) in [4.78, 5) is 51.5. The van der Waals surface area contributed by atoms with Crippen LogP contribution in [-0.2, 0) is 31.1 Å². The highest BCUT2D eigenvalue weighted by Gasteiger charge is 2.30. The number of hydrogen-bond acceptors (Lipinski definition) is 6. The topological polar surface area (TPSA) is 107 Å². The third-order valence-corrected chi connectivity index (χ3v) is 6.37. The summed E-state index contributed by atoms with van der Waals surface area (Å²) in [6, 6.07) is 8.37. The van der Waals surface area contributed by atoms with Gasteiger partial charge in [-0.05, 0) is 49.8 Å². The SMILES string of the molecule is CCC(C(=O)NC(CC(=O)OC(C)(C)C)C(=O)CBr)c1ccnn(Cc2ccccc2C(C)(C)C)c1=O. The Morgan fingerprint density at radius 1 is 1.08 bits per heavy atom. The van der Waals surface area contributed by atoms with E-state index in [1.165, 1.54) is 16.9 Å². The van der Waals surface area contributed by atoms with Crippen molar-refractivity contribution in [2.24, 2.45) is 0 Å². The molecule has 1 heterocycles. The summed E-state index contributed by atoms with van der Waals surface area (Å²) in [6.45, 7) is 13.6. The van der Waals surface area contributed by atoms with Gasteiger partial charge in [-0.1, -0.05) is 67.9 Å². The van der Waals surface area contributed by atoms with Gasteiger partial charge in [0, 0.05) is 11.8 Å². The van der Waals surface area contributed by atoms with Crippen molar-refractivity contribution in [2.75, 3.05) is 5.33 Å². The predicted molar refractivity (Wildman–Crippen MR) is 147 cm³/mol. The summed E-state index contributed by atoms with van der Waals surface area (Å²) in [5.41, 5.74) is 1.16. The molecule has 8 nitrogen and oxygen atoms in total. The number of ketones is 1. The van der Waals surface area contributed by atoms with Crippen LogP contribution in [0.1, 0.15) is 83.9 Å². The Labute approximate surface area is 227 Å². The average molecular weight is 577 g/mol. The lowest BCUT2D eigenvalue weighted by Crippen LogP contribution is -2.46. The Morgan fingerprint density at radius 3 is 2.30 bits per heavy atom. The molecule has 202 valence electrons. The van der Waals surface area contributed by atoms with Gasteiger partial charge >= 0.3 is 5.97 Å². The van der Waals surface area contributed by atoms with E-state index in [0.717, 1.165) is 11.1 Å². The van der Waals surface area contributed by atoms with Crippen molar-refractivity contribution in [3.05, 3.63) is 63.6 Å². The van der Waals surface area contributed by atoms with E-state index < -0.39 is 29.4 Å². The molecule has 0 aliphatic rings. The van der Waals surface area contributed by atoms with E-state index in [1.807, 2.05) is 24.3 Å². The van der Waals surface area contributed by atoms with E-state index in [2.05, 4.69) is 47.1 Å². The quantitative estimate of drug-likeness (QED) is 0.335. The molecule has 1 N–H and O–H groups in total. The minimum Gasteiger partial charge on any atom is -0.460 e. The molecule has 1 amide bonds. The molecule has 0 radical (unpaired) electrons. The molecule has 0 saturated heterocycles. The lowest BCUT2D eigenvalue weighted by molar-refractivity contribution is -0.156. The van der Waals surface area contributed by atoms with Crippen molar-refractivity contribution >= 4 is 33.6 Å². The largest absolute Gasteiger partial charge is 0.460 e. The zero-order valence-corrected chi connectivity index (χ0v) is 24.3. The number of amides is 1. The number of halogens is 1. The van der Waals surface area contributed by atoms with Gasteiger partial charge in [0.25, 0.3) is 5.56 Å². The van der Waals surface area contributed by atoms with Gasteiger partial charge in [-0.15, -0.1) is 0 Å². The molecular formula is C28H38BrN3O5. The summed E-state index contributed by atoms with van der Waals surface area (Å²) in [5, 5.41) is 6.90. The van der Waals surface area contributed by atoms with Gasteiger partial charge in [-0.25, -0.2) is 4.68 Å². The Hall–Kier alpha value is -2.81. The highest BCUT2D eigenvalue weighted by molar-refractivity contribution is 9.09. The lowest BCUT2D eigenvalue weighted by atomic mass is 9.84. The molecule has 2 aromatic rings. The van der Waals surface area contributed by atoms with Gasteiger partial charge in [0.1, 0.15) is 5.60 Å². The Bertz CT molecular complexity index is 1180. The normalized spacial score (nSPS) is 13.5. The van der Waals surface area contributed by atoms with E-state index in [9.17, 15) is 19.2 Å². The number of rotatable bonds is 10. The number of nitrogens with zero attached hydrogens (tertiary/aromatic N) is 2. The number of carbonyl (C=O) groups excluding carboxylic acids is 3. The maximum Gasteiger partial charge on any atom is 0.308 e. The third kappa shape index (κ3) is 8.62. The standard InChI is InChI=1S/C28H38BrN3O5/c1-8-19(25(35)31-22(23(33)16-29)15-24(34)37-28(5,6)7)20-13-14-30-32(26(20)36)17-18-11-9-10-12-21(18)27(2,3)4/h9-14,19,22H,8,15-17H2,1-7H3,(H,31,35). The molecule has 0 aliphatic heterocycles. The van der Waals surface area contributed by atoms with Crippen LogP contribution in [0, 0.1) is 0 Å². The second-order valence-electron chi connectivity index (χ2n) is 11.1. The average Bonchev–Trinajstić information content (AvgIpc) is 2.79. The third-order valence-electron chi connectivity index (χ3n) is 5.81. The summed E-state index contributed by atoms with van der Waals surface area (Å²) in [5.74, 6) is -2.27. The van der Waals surface area contributed by atoms with Crippen LogP contribution in [-0.4, -0.2) is 44.4 Å². The Morgan fingerprint density at radius 2 is 1.73 bits per heavy atom. The summed E-state index contributed by atoms with van der Waals surface area (Å²) >= 11 is 3.11. The van der Waals surface area contributed by atoms with E-state index in [0.29, 0.717) is 6.42 Å². The van der Waals surface area contributed by atoms with Crippen LogP contribution in [0.15, 0.2) is 41.3 Å². The number of hydrogen-bond donors (Lipinski definition) is 1. The highest BCUT2D eigenvalue weighted by Crippen LogP contribution is 2.26. The second kappa shape index (κ2) is 12.6. The van der Waals surface area contributed by atoms with E-state index >= 15 is 0 Å².